The van der Waals surface area contributed by atoms with Crippen LogP contribution in [0, 0.1) is 13.8 Å². The first-order valence-corrected chi connectivity index (χ1v) is 25.4. The summed E-state index contributed by atoms with van der Waals surface area (Å²) in [6.45, 7) is 29.3. The lowest BCUT2D eigenvalue weighted by Crippen LogP contribution is -2.27. The first-order valence-electron chi connectivity index (χ1n) is 25.4. The molecule has 0 bridgehead atoms. The maximum absolute atomic E-state index is 2.56. The van der Waals surface area contributed by atoms with E-state index < -0.39 is 0 Å². The smallest absolute Gasteiger partial charge is 0.0165 e. The molecule has 0 aliphatic heterocycles. The minimum atomic E-state index is -0.212. The molecule has 0 N–H and O–H groups in total. The van der Waals surface area contributed by atoms with Crippen molar-refractivity contribution < 1.29 is 0 Å². The molecule has 0 spiro atoms. The summed E-state index contributed by atoms with van der Waals surface area (Å²) in [5.74, 6) is 0. The zero-order chi connectivity index (χ0) is 47.6. The lowest BCUT2D eigenvalue weighted by atomic mass is 9.68. The van der Waals surface area contributed by atoms with Crippen molar-refractivity contribution in [3.8, 4) is 77.9 Å². The Balaban J connectivity index is 0.867. The van der Waals surface area contributed by atoms with Gasteiger partial charge in [-0.15, -0.1) is 0 Å². The third-order valence-corrected chi connectivity index (χ3v) is 18.6. The molecular formula is C69H60. The SMILES string of the molecule is Cc1cc2c(c3c1-c1ccc(-c4ccc5c(c4)C(C)(C)c4ccccc4-5)cc1C3(C)C)C(C)(C)c1c-2cc(C)c2c1C(C)(C)c1cc3cc(-c4ccc5c(c4)C(C)(C)c4ccccc4-5)ccc3cc1-2. The van der Waals surface area contributed by atoms with Gasteiger partial charge in [-0.2, -0.15) is 0 Å². The van der Waals surface area contributed by atoms with Gasteiger partial charge in [0.25, 0.3) is 0 Å². The third kappa shape index (κ3) is 5.00. The second-order valence-electron chi connectivity index (χ2n) is 24.2. The summed E-state index contributed by atoms with van der Waals surface area (Å²) in [5.41, 5.74) is 36.0. The summed E-state index contributed by atoms with van der Waals surface area (Å²) in [4.78, 5) is 0. The monoisotopic (exact) mass is 888 g/mol. The quantitative estimate of drug-likeness (QED) is 0.162. The van der Waals surface area contributed by atoms with Gasteiger partial charge in [0.1, 0.15) is 0 Å². The Morgan fingerprint density at radius 3 is 1.14 bits per heavy atom. The highest BCUT2D eigenvalue weighted by Crippen LogP contribution is 2.65. The first kappa shape index (κ1) is 41.2. The van der Waals surface area contributed by atoms with Crippen molar-refractivity contribution in [2.75, 3.05) is 0 Å². The Morgan fingerprint density at radius 2 is 0.638 bits per heavy atom. The predicted octanol–water partition coefficient (Wildman–Crippen LogP) is 18.3. The van der Waals surface area contributed by atoms with Crippen molar-refractivity contribution in [3.05, 3.63) is 212 Å². The Morgan fingerprint density at radius 1 is 0.246 bits per heavy atom. The fraction of sp³-hybridized carbons (Fsp3) is 0.246. The van der Waals surface area contributed by atoms with E-state index in [0.29, 0.717) is 0 Å². The summed E-state index contributed by atoms with van der Waals surface area (Å²) >= 11 is 0. The highest BCUT2D eigenvalue weighted by Gasteiger charge is 2.51. The van der Waals surface area contributed by atoms with Crippen molar-refractivity contribution >= 4 is 10.8 Å². The average molecular weight is 889 g/mol. The van der Waals surface area contributed by atoms with E-state index >= 15 is 0 Å². The molecule has 0 aromatic heterocycles. The van der Waals surface area contributed by atoms with Gasteiger partial charge < -0.3 is 0 Å². The zero-order valence-corrected chi connectivity index (χ0v) is 42.4. The molecule has 9 aromatic carbocycles. The van der Waals surface area contributed by atoms with Crippen LogP contribution in [-0.2, 0) is 27.1 Å². The highest BCUT2D eigenvalue weighted by molar-refractivity contribution is 6.01. The Bertz CT molecular complexity index is 3870. The molecule has 0 nitrogen and oxygen atoms in total. The van der Waals surface area contributed by atoms with Gasteiger partial charge in [-0.1, -0.05) is 178 Å². The van der Waals surface area contributed by atoms with E-state index in [1.165, 1.54) is 155 Å². The van der Waals surface area contributed by atoms with E-state index in [4.69, 9.17) is 0 Å². The summed E-state index contributed by atoms with van der Waals surface area (Å²) in [6.07, 6.45) is 0. The van der Waals surface area contributed by atoms with Gasteiger partial charge in [0.2, 0.25) is 0 Å². The van der Waals surface area contributed by atoms with E-state index in [0.717, 1.165) is 0 Å². The molecule has 5 aliphatic carbocycles. The molecule has 0 heteroatoms. The van der Waals surface area contributed by atoms with Crippen LogP contribution in [0.2, 0.25) is 0 Å². The van der Waals surface area contributed by atoms with Crippen molar-refractivity contribution in [2.45, 2.75) is 110 Å². The lowest BCUT2D eigenvalue weighted by Gasteiger charge is -2.34. The molecule has 5 aliphatic rings. The van der Waals surface area contributed by atoms with Crippen LogP contribution in [0.25, 0.3) is 88.7 Å². The van der Waals surface area contributed by atoms with Crippen LogP contribution in [0.15, 0.2) is 146 Å². The van der Waals surface area contributed by atoms with E-state index in [-0.39, 0.29) is 27.1 Å². The van der Waals surface area contributed by atoms with E-state index in [1.54, 1.807) is 0 Å². The summed E-state index contributed by atoms with van der Waals surface area (Å²) in [5, 5.41) is 2.62. The molecule has 0 atom stereocenters. The summed E-state index contributed by atoms with van der Waals surface area (Å²) in [7, 11) is 0. The summed E-state index contributed by atoms with van der Waals surface area (Å²) in [6, 6.07) is 57.0. The largest absolute Gasteiger partial charge is 0.0619 e. The van der Waals surface area contributed by atoms with E-state index in [9.17, 15) is 0 Å². The standard InChI is InChI=1S/C69H60/c1-37-29-50-51-30-38(2)60-52-32-40-22-21-39(41-23-26-47-45-17-13-15-19-53(45)65(3,4)55(47)33-41)31-44(40)36-58(52)68(9,10)64(60)62(51)69(11,12)61(50)63-59(37)49-28-25-43(35-57(49)67(63,7)8)42-24-27-48-46-18-14-16-20-54(46)66(5,6)56(48)34-42/h13-36H,1-12H3. The van der Waals surface area contributed by atoms with Gasteiger partial charge in [0.05, 0.1) is 0 Å². The number of fused-ring (bicyclic) bond motifs is 18. The molecule has 14 rings (SSSR count). The Hall–Kier alpha value is -6.76. The second-order valence-corrected chi connectivity index (χ2v) is 24.2. The average Bonchev–Trinajstić information content (AvgIpc) is 3.96. The van der Waals surface area contributed by atoms with Crippen LogP contribution in [0.3, 0.4) is 0 Å². The molecule has 0 saturated carbocycles. The number of benzene rings is 9. The van der Waals surface area contributed by atoms with Gasteiger partial charge in [0.15, 0.2) is 0 Å². The van der Waals surface area contributed by atoms with Crippen LogP contribution >= 0.6 is 0 Å². The molecule has 0 radical (unpaired) electrons. The van der Waals surface area contributed by atoms with Crippen molar-refractivity contribution in [2.24, 2.45) is 0 Å². The lowest BCUT2D eigenvalue weighted by molar-refractivity contribution is 0.578. The van der Waals surface area contributed by atoms with Crippen LogP contribution < -0.4 is 0 Å². The molecular weight excluding hydrogens is 829 g/mol. The zero-order valence-electron chi connectivity index (χ0n) is 42.4. The minimum absolute atomic E-state index is 0.0298. The molecule has 0 saturated heterocycles. The van der Waals surface area contributed by atoms with Gasteiger partial charge >= 0.3 is 0 Å². The molecule has 336 valence electrons. The maximum Gasteiger partial charge on any atom is 0.0165 e. The van der Waals surface area contributed by atoms with Gasteiger partial charge in [-0.25, -0.2) is 0 Å². The second kappa shape index (κ2) is 12.9. The van der Waals surface area contributed by atoms with Gasteiger partial charge in [0, 0.05) is 27.1 Å². The van der Waals surface area contributed by atoms with Crippen LogP contribution in [0.5, 0.6) is 0 Å². The predicted molar refractivity (Wildman–Crippen MR) is 292 cm³/mol. The third-order valence-electron chi connectivity index (χ3n) is 18.6. The fourth-order valence-electron chi connectivity index (χ4n) is 15.1. The molecule has 0 fully saturated rings. The fourth-order valence-corrected chi connectivity index (χ4v) is 15.1. The number of aryl methyl sites for hydroxylation is 2. The molecule has 0 amide bonds. The normalized spacial score (nSPS) is 17.6. The van der Waals surface area contributed by atoms with Crippen LogP contribution in [0.4, 0.5) is 0 Å². The number of hydrogen-bond acceptors (Lipinski definition) is 0. The van der Waals surface area contributed by atoms with E-state index in [2.05, 4.69) is 229 Å². The van der Waals surface area contributed by atoms with Crippen LogP contribution in [-0.4, -0.2) is 0 Å². The Kier molecular flexibility index (Phi) is 7.71. The van der Waals surface area contributed by atoms with Crippen molar-refractivity contribution in [3.63, 3.8) is 0 Å². The number of rotatable bonds is 2. The van der Waals surface area contributed by atoms with Gasteiger partial charge in [-0.3, -0.25) is 0 Å². The molecule has 9 aromatic rings. The first-order chi connectivity index (χ1) is 32.8. The molecule has 0 unspecified atom stereocenters. The topological polar surface area (TPSA) is 0 Å². The van der Waals surface area contributed by atoms with Crippen molar-refractivity contribution in [1.82, 2.24) is 0 Å². The highest BCUT2D eigenvalue weighted by atomic mass is 14.5. The molecule has 0 heterocycles. The van der Waals surface area contributed by atoms with Crippen LogP contribution in [0.1, 0.15) is 136 Å². The summed E-state index contributed by atoms with van der Waals surface area (Å²) < 4.78 is 0. The van der Waals surface area contributed by atoms with E-state index in [1.807, 2.05) is 0 Å². The maximum atomic E-state index is 2.56. The van der Waals surface area contributed by atoms with Gasteiger partial charge in [-0.05, 0) is 206 Å². The number of hydrogen-bond donors (Lipinski definition) is 0. The van der Waals surface area contributed by atoms with Crippen molar-refractivity contribution in [1.29, 1.82) is 0 Å². The Labute approximate surface area is 409 Å². The molecule has 69 heavy (non-hydrogen) atoms. The minimum Gasteiger partial charge on any atom is -0.0619 e.